The van der Waals surface area contributed by atoms with Gasteiger partial charge in [0, 0.05) is 13.0 Å². The molecule has 108 valence electrons. The van der Waals surface area contributed by atoms with E-state index in [4.69, 9.17) is 14.6 Å². The van der Waals surface area contributed by atoms with Crippen LogP contribution in [-0.2, 0) is 19.1 Å². The van der Waals surface area contributed by atoms with Crippen LogP contribution in [0.5, 0.6) is 0 Å². The van der Waals surface area contributed by atoms with E-state index in [1.807, 2.05) is 6.92 Å². The van der Waals surface area contributed by atoms with Gasteiger partial charge in [-0.05, 0) is 26.2 Å². The molecule has 0 bridgehead atoms. The van der Waals surface area contributed by atoms with Crippen LogP contribution in [0.3, 0.4) is 0 Å². The Balaban J connectivity index is 1.82. The molecule has 3 atom stereocenters. The first kappa shape index (κ1) is 14.3. The summed E-state index contributed by atoms with van der Waals surface area (Å²) < 4.78 is 10.8. The Morgan fingerprint density at radius 2 is 2.16 bits per heavy atom. The molecular formula is C13H21NO5. The lowest BCUT2D eigenvalue weighted by Crippen LogP contribution is -2.52. The van der Waals surface area contributed by atoms with Gasteiger partial charge in [-0.2, -0.15) is 0 Å². The van der Waals surface area contributed by atoms with Crippen molar-refractivity contribution in [3.8, 4) is 0 Å². The topological polar surface area (TPSA) is 76.1 Å². The summed E-state index contributed by atoms with van der Waals surface area (Å²) in [4.78, 5) is 24.6. The Kier molecular flexibility index (Phi) is 4.76. The van der Waals surface area contributed by atoms with Gasteiger partial charge in [-0.3, -0.25) is 4.79 Å². The van der Waals surface area contributed by atoms with Crippen LogP contribution in [0.2, 0.25) is 0 Å². The van der Waals surface area contributed by atoms with Crippen molar-refractivity contribution < 1.29 is 24.2 Å². The van der Waals surface area contributed by atoms with Crippen LogP contribution in [0.4, 0.5) is 0 Å². The lowest BCUT2D eigenvalue weighted by Gasteiger charge is -2.33. The highest BCUT2D eigenvalue weighted by Gasteiger charge is 2.33. The third-order valence-electron chi connectivity index (χ3n) is 3.73. The average Bonchev–Trinajstić information content (AvgIpc) is 2.81. The Morgan fingerprint density at radius 3 is 2.79 bits per heavy atom. The minimum absolute atomic E-state index is 0.0814. The maximum absolute atomic E-state index is 12.1. The summed E-state index contributed by atoms with van der Waals surface area (Å²) in [5.41, 5.74) is 0. The van der Waals surface area contributed by atoms with Gasteiger partial charge in [0.05, 0.1) is 25.4 Å². The summed E-state index contributed by atoms with van der Waals surface area (Å²) in [6.45, 7) is 2.88. The zero-order valence-corrected chi connectivity index (χ0v) is 11.2. The second-order valence-electron chi connectivity index (χ2n) is 5.20. The van der Waals surface area contributed by atoms with E-state index in [0.29, 0.717) is 26.0 Å². The van der Waals surface area contributed by atoms with Gasteiger partial charge in [-0.25, -0.2) is 4.79 Å². The molecule has 2 rings (SSSR count). The molecule has 0 aromatic heterocycles. The summed E-state index contributed by atoms with van der Waals surface area (Å²) in [5.74, 6) is -1.11. The number of carbonyl (C=O) groups excluding carboxylic acids is 1. The number of nitrogens with zero attached hydrogens (tertiary/aromatic N) is 1. The lowest BCUT2D eigenvalue weighted by atomic mass is 10.1. The molecule has 2 aliphatic rings. The van der Waals surface area contributed by atoms with E-state index in [2.05, 4.69) is 0 Å². The van der Waals surface area contributed by atoms with Crippen molar-refractivity contribution in [2.45, 2.75) is 50.9 Å². The molecule has 1 N–H and O–H groups in total. The lowest BCUT2D eigenvalue weighted by molar-refractivity contribution is -0.158. The third-order valence-corrected chi connectivity index (χ3v) is 3.73. The Labute approximate surface area is 112 Å². The minimum atomic E-state index is -1.00. The number of rotatable bonds is 4. The van der Waals surface area contributed by atoms with Crippen LogP contribution in [0.15, 0.2) is 0 Å². The summed E-state index contributed by atoms with van der Waals surface area (Å²) in [5, 5.41) is 9.07. The average molecular weight is 271 g/mol. The number of amides is 1. The van der Waals surface area contributed by atoms with Crippen molar-refractivity contribution >= 4 is 11.9 Å². The Morgan fingerprint density at radius 1 is 1.37 bits per heavy atom. The SMILES string of the molecule is C[C@@H]1CC[C@@H](CCC(=O)N2CCOC[C@@H]2C(=O)O)O1. The first-order valence-electron chi connectivity index (χ1n) is 6.83. The first-order chi connectivity index (χ1) is 9.08. The number of hydrogen-bond acceptors (Lipinski definition) is 4. The maximum Gasteiger partial charge on any atom is 0.328 e. The summed E-state index contributed by atoms with van der Waals surface area (Å²) >= 11 is 0. The Hall–Kier alpha value is -1.14. The molecule has 0 unspecified atom stereocenters. The van der Waals surface area contributed by atoms with Gasteiger partial charge in [-0.15, -0.1) is 0 Å². The standard InChI is InChI=1S/C13H21NO5/c1-9-2-3-10(19-9)4-5-12(15)14-6-7-18-8-11(14)13(16)17/h9-11H,2-8H2,1H3,(H,16,17)/t9-,10+,11-/m1/s1. The molecule has 2 heterocycles. The second-order valence-corrected chi connectivity index (χ2v) is 5.20. The van der Waals surface area contributed by atoms with Gasteiger partial charge < -0.3 is 19.5 Å². The molecule has 0 aromatic carbocycles. The molecule has 0 aliphatic carbocycles. The largest absolute Gasteiger partial charge is 0.480 e. The first-order valence-corrected chi connectivity index (χ1v) is 6.83. The fraction of sp³-hybridized carbons (Fsp3) is 0.846. The molecule has 2 fully saturated rings. The van der Waals surface area contributed by atoms with Crippen molar-refractivity contribution in [1.29, 1.82) is 0 Å². The number of morpholine rings is 1. The predicted octanol–water partition coefficient (Wildman–Crippen LogP) is 0.646. The molecule has 2 saturated heterocycles. The maximum atomic E-state index is 12.1. The zero-order valence-electron chi connectivity index (χ0n) is 11.2. The van der Waals surface area contributed by atoms with Crippen molar-refractivity contribution in [2.24, 2.45) is 0 Å². The zero-order chi connectivity index (χ0) is 13.8. The molecule has 0 saturated carbocycles. The Bertz CT molecular complexity index is 346. The normalized spacial score (nSPS) is 31.4. The van der Waals surface area contributed by atoms with Gasteiger partial charge in [-0.1, -0.05) is 0 Å². The molecule has 0 spiro atoms. The fourth-order valence-electron chi connectivity index (χ4n) is 2.63. The minimum Gasteiger partial charge on any atom is -0.480 e. The van der Waals surface area contributed by atoms with Gasteiger partial charge in [0.1, 0.15) is 0 Å². The van der Waals surface area contributed by atoms with E-state index < -0.39 is 12.0 Å². The van der Waals surface area contributed by atoms with Crippen LogP contribution >= 0.6 is 0 Å². The van der Waals surface area contributed by atoms with Gasteiger partial charge in [0.15, 0.2) is 6.04 Å². The van der Waals surface area contributed by atoms with E-state index in [-0.39, 0.29) is 24.7 Å². The van der Waals surface area contributed by atoms with Crippen molar-refractivity contribution in [2.75, 3.05) is 19.8 Å². The number of carbonyl (C=O) groups is 2. The van der Waals surface area contributed by atoms with Crippen LogP contribution in [0.25, 0.3) is 0 Å². The smallest absolute Gasteiger partial charge is 0.328 e. The monoisotopic (exact) mass is 271 g/mol. The molecule has 1 amide bonds. The predicted molar refractivity (Wildman–Crippen MR) is 66.8 cm³/mol. The second kappa shape index (κ2) is 6.34. The van der Waals surface area contributed by atoms with Gasteiger partial charge >= 0.3 is 5.97 Å². The van der Waals surface area contributed by atoms with Gasteiger partial charge in [0.25, 0.3) is 0 Å². The van der Waals surface area contributed by atoms with E-state index in [1.165, 1.54) is 4.90 Å². The molecule has 6 heteroatoms. The van der Waals surface area contributed by atoms with E-state index >= 15 is 0 Å². The van der Waals surface area contributed by atoms with Crippen LogP contribution < -0.4 is 0 Å². The van der Waals surface area contributed by atoms with Crippen molar-refractivity contribution in [3.63, 3.8) is 0 Å². The number of carboxylic acids is 1. The number of ether oxygens (including phenoxy) is 2. The third kappa shape index (κ3) is 3.67. The molecule has 6 nitrogen and oxygen atoms in total. The van der Waals surface area contributed by atoms with Crippen LogP contribution in [-0.4, -0.2) is 59.9 Å². The van der Waals surface area contributed by atoms with E-state index in [0.717, 1.165) is 12.8 Å². The summed E-state index contributed by atoms with van der Waals surface area (Å²) in [6, 6.07) is -0.843. The van der Waals surface area contributed by atoms with E-state index in [9.17, 15) is 9.59 Å². The molecule has 0 aromatic rings. The quantitative estimate of drug-likeness (QED) is 0.812. The van der Waals surface area contributed by atoms with Crippen LogP contribution in [0.1, 0.15) is 32.6 Å². The summed E-state index contributed by atoms with van der Waals surface area (Å²) in [6.07, 6.45) is 3.46. The highest BCUT2D eigenvalue weighted by atomic mass is 16.5. The van der Waals surface area contributed by atoms with Crippen molar-refractivity contribution in [1.82, 2.24) is 4.90 Å². The number of hydrogen-bond donors (Lipinski definition) is 1. The summed E-state index contributed by atoms with van der Waals surface area (Å²) in [7, 11) is 0. The van der Waals surface area contributed by atoms with E-state index in [1.54, 1.807) is 0 Å². The highest BCUT2D eigenvalue weighted by molar-refractivity contribution is 5.84. The van der Waals surface area contributed by atoms with Gasteiger partial charge in [0.2, 0.25) is 5.91 Å². The molecule has 2 aliphatic heterocycles. The number of aliphatic carboxylic acids is 1. The highest BCUT2D eigenvalue weighted by Crippen LogP contribution is 2.23. The molecular weight excluding hydrogens is 250 g/mol. The molecule has 0 radical (unpaired) electrons. The molecule has 19 heavy (non-hydrogen) atoms. The van der Waals surface area contributed by atoms with Crippen molar-refractivity contribution in [3.05, 3.63) is 0 Å². The fourth-order valence-corrected chi connectivity index (χ4v) is 2.63. The van der Waals surface area contributed by atoms with Crippen LogP contribution in [0, 0.1) is 0 Å². The number of carboxylic acid groups (broad SMARTS) is 1.